The molecule has 0 saturated carbocycles. The minimum Gasteiger partial charge on any atom is -0.448 e. The smallest absolute Gasteiger partial charge is 0.440 e. The molecule has 1 heterocycles. The number of amides is 1. The van der Waals surface area contributed by atoms with Crippen LogP contribution < -0.4 is 10.3 Å². The molecule has 0 aliphatic carbocycles. The average molecular weight is 250 g/mol. The second kappa shape index (κ2) is 5.37. The summed E-state index contributed by atoms with van der Waals surface area (Å²) < 4.78 is 41.8. The Hall–Kier alpha value is -1.99. The van der Waals surface area contributed by atoms with Crippen molar-refractivity contribution in [1.29, 1.82) is 0 Å². The highest BCUT2D eigenvalue weighted by molar-refractivity contribution is 5.66. The highest BCUT2D eigenvalue weighted by Gasteiger charge is 2.35. The van der Waals surface area contributed by atoms with Crippen LogP contribution >= 0.6 is 0 Å². The Bertz CT molecular complexity index is 395. The zero-order valence-electron chi connectivity index (χ0n) is 8.75. The van der Waals surface area contributed by atoms with Crippen LogP contribution in [0.3, 0.4) is 0 Å². The molecular formula is C9H9F3N2O3. The lowest BCUT2D eigenvalue weighted by atomic mass is 10.3. The van der Waals surface area contributed by atoms with Gasteiger partial charge in [-0.1, -0.05) is 0 Å². The number of hydrogen-bond acceptors (Lipinski definition) is 4. The standard InChI is InChI=1S/C9H9F3N2O3/c1-2-16-8(15)14-17-7-6(9(10,11)12)4-3-5-13-7/h3-5H,2H2,1H3,(H,14,15). The molecule has 0 aliphatic heterocycles. The van der Waals surface area contributed by atoms with Crippen molar-refractivity contribution in [2.75, 3.05) is 6.61 Å². The van der Waals surface area contributed by atoms with Crippen LogP contribution in [0.2, 0.25) is 0 Å². The molecule has 0 saturated heterocycles. The van der Waals surface area contributed by atoms with Gasteiger partial charge in [-0.25, -0.2) is 9.78 Å². The van der Waals surface area contributed by atoms with Crippen LogP contribution in [0.5, 0.6) is 5.88 Å². The molecule has 0 bridgehead atoms. The highest BCUT2D eigenvalue weighted by atomic mass is 19.4. The van der Waals surface area contributed by atoms with Crippen molar-refractivity contribution in [3.63, 3.8) is 0 Å². The highest BCUT2D eigenvalue weighted by Crippen LogP contribution is 2.34. The van der Waals surface area contributed by atoms with Gasteiger partial charge in [0.25, 0.3) is 5.88 Å². The van der Waals surface area contributed by atoms with E-state index in [1.54, 1.807) is 12.4 Å². The van der Waals surface area contributed by atoms with Crippen molar-refractivity contribution in [1.82, 2.24) is 10.5 Å². The van der Waals surface area contributed by atoms with Gasteiger partial charge in [0, 0.05) is 6.20 Å². The number of aromatic nitrogens is 1. The summed E-state index contributed by atoms with van der Waals surface area (Å²) in [4.78, 5) is 18.6. The van der Waals surface area contributed by atoms with Crippen LogP contribution in [-0.2, 0) is 10.9 Å². The maximum atomic E-state index is 12.5. The summed E-state index contributed by atoms with van der Waals surface area (Å²) in [5, 5.41) is 0. The van der Waals surface area contributed by atoms with Crippen LogP contribution in [0.1, 0.15) is 12.5 Å². The quantitative estimate of drug-likeness (QED) is 0.835. The number of alkyl halides is 3. The third-order valence-corrected chi connectivity index (χ3v) is 1.58. The number of carbonyl (C=O) groups excluding carboxylic acids is 1. The largest absolute Gasteiger partial charge is 0.448 e. The molecule has 1 amide bonds. The first-order valence-corrected chi connectivity index (χ1v) is 4.57. The first-order chi connectivity index (χ1) is 7.95. The Morgan fingerprint density at radius 2 is 2.24 bits per heavy atom. The molecule has 0 spiro atoms. The topological polar surface area (TPSA) is 60.5 Å². The van der Waals surface area contributed by atoms with Gasteiger partial charge in [-0.3, -0.25) is 0 Å². The molecule has 5 nitrogen and oxygen atoms in total. The van der Waals surface area contributed by atoms with Gasteiger partial charge in [0.1, 0.15) is 5.56 Å². The SMILES string of the molecule is CCOC(=O)NOc1ncccc1C(F)(F)F. The fourth-order valence-electron chi connectivity index (χ4n) is 0.938. The maximum absolute atomic E-state index is 12.5. The van der Waals surface area contributed by atoms with Crippen molar-refractivity contribution >= 4 is 6.09 Å². The molecule has 0 aromatic carbocycles. The van der Waals surface area contributed by atoms with E-state index in [0.29, 0.717) is 0 Å². The number of hydrogen-bond donors (Lipinski definition) is 1. The molecule has 0 radical (unpaired) electrons. The van der Waals surface area contributed by atoms with E-state index in [4.69, 9.17) is 0 Å². The molecule has 8 heteroatoms. The molecule has 1 aromatic rings. The number of ether oxygens (including phenoxy) is 1. The number of nitrogens with one attached hydrogen (secondary N) is 1. The van der Waals surface area contributed by atoms with Gasteiger partial charge >= 0.3 is 12.3 Å². The molecule has 0 fully saturated rings. The normalized spacial score (nSPS) is 10.8. The minimum absolute atomic E-state index is 0.0730. The Kier molecular flexibility index (Phi) is 4.13. The summed E-state index contributed by atoms with van der Waals surface area (Å²) in [5.41, 5.74) is 0.602. The van der Waals surface area contributed by atoms with Gasteiger partial charge in [-0.2, -0.15) is 18.7 Å². The number of hydroxylamine groups is 1. The Labute approximate surface area is 94.5 Å². The van der Waals surface area contributed by atoms with Gasteiger partial charge in [0.15, 0.2) is 0 Å². The van der Waals surface area contributed by atoms with Crippen LogP contribution in [0.25, 0.3) is 0 Å². The van der Waals surface area contributed by atoms with Crippen LogP contribution in [0.15, 0.2) is 18.3 Å². The second-order valence-electron chi connectivity index (χ2n) is 2.78. The van der Waals surface area contributed by atoms with Crippen molar-refractivity contribution in [3.05, 3.63) is 23.9 Å². The van der Waals surface area contributed by atoms with Gasteiger partial charge < -0.3 is 9.57 Å². The van der Waals surface area contributed by atoms with E-state index >= 15 is 0 Å². The predicted molar refractivity (Wildman–Crippen MR) is 50.0 cm³/mol. The monoisotopic (exact) mass is 250 g/mol. The van der Waals surface area contributed by atoms with Crippen molar-refractivity contribution in [3.8, 4) is 5.88 Å². The van der Waals surface area contributed by atoms with Gasteiger partial charge in [0.05, 0.1) is 6.61 Å². The lowest BCUT2D eigenvalue weighted by Crippen LogP contribution is -2.29. The van der Waals surface area contributed by atoms with E-state index in [0.717, 1.165) is 18.3 Å². The maximum Gasteiger partial charge on any atom is 0.440 e. The lowest BCUT2D eigenvalue weighted by Gasteiger charge is -2.11. The molecule has 1 aromatic heterocycles. The van der Waals surface area contributed by atoms with Gasteiger partial charge in [0.2, 0.25) is 0 Å². The third kappa shape index (κ3) is 3.82. The molecule has 0 atom stereocenters. The summed E-state index contributed by atoms with van der Waals surface area (Å²) in [7, 11) is 0. The molecule has 94 valence electrons. The van der Waals surface area contributed by atoms with Crippen LogP contribution in [0, 0.1) is 0 Å². The Morgan fingerprint density at radius 1 is 1.53 bits per heavy atom. The summed E-state index contributed by atoms with van der Waals surface area (Å²) in [6.45, 7) is 1.62. The summed E-state index contributed by atoms with van der Waals surface area (Å²) in [5.74, 6) is -0.743. The van der Waals surface area contributed by atoms with E-state index in [9.17, 15) is 18.0 Å². The zero-order valence-corrected chi connectivity index (χ0v) is 8.75. The van der Waals surface area contributed by atoms with E-state index in [1.807, 2.05) is 0 Å². The predicted octanol–water partition coefficient (Wildman–Crippen LogP) is 2.14. The lowest BCUT2D eigenvalue weighted by molar-refractivity contribution is -0.139. The molecular weight excluding hydrogens is 241 g/mol. The van der Waals surface area contributed by atoms with E-state index < -0.39 is 23.7 Å². The molecule has 1 rings (SSSR count). The van der Waals surface area contributed by atoms with E-state index in [-0.39, 0.29) is 6.61 Å². The number of rotatable bonds is 3. The van der Waals surface area contributed by atoms with Gasteiger partial charge in [-0.05, 0) is 19.1 Å². The van der Waals surface area contributed by atoms with Crippen LogP contribution in [-0.4, -0.2) is 17.7 Å². The Morgan fingerprint density at radius 3 is 2.82 bits per heavy atom. The molecule has 17 heavy (non-hydrogen) atoms. The van der Waals surface area contributed by atoms with Crippen molar-refractivity contribution < 1.29 is 27.5 Å². The number of nitrogens with zero attached hydrogens (tertiary/aromatic N) is 1. The number of pyridine rings is 1. The van der Waals surface area contributed by atoms with Gasteiger partial charge in [-0.15, -0.1) is 0 Å². The summed E-state index contributed by atoms with van der Waals surface area (Å²) in [6.07, 6.45) is -4.50. The summed E-state index contributed by atoms with van der Waals surface area (Å²) >= 11 is 0. The molecule has 0 aliphatic rings. The van der Waals surface area contributed by atoms with Crippen LogP contribution in [0.4, 0.5) is 18.0 Å². The first-order valence-electron chi connectivity index (χ1n) is 4.57. The van der Waals surface area contributed by atoms with Crippen molar-refractivity contribution in [2.24, 2.45) is 0 Å². The Balaban J connectivity index is 2.74. The fraction of sp³-hybridized carbons (Fsp3) is 0.333. The first kappa shape index (κ1) is 13.1. The second-order valence-corrected chi connectivity index (χ2v) is 2.78. The number of carbonyl (C=O) groups is 1. The average Bonchev–Trinajstić information content (AvgIpc) is 2.26. The zero-order chi connectivity index (χ0) is 12.9. The number of halogens is 3. The summed E-state index contributed by atoms with van der Waals surface area (Å²) in [6, 6.07) is 1.90. The van der Waals surface area contributed by atoms with E-state index in [1.165, 1.54) is 0 Å². The van der Waals surface area contributed by atoms with E-state index in [2.05, 4.69) is 14.6 Å². The molecule has 0 unspecified atom stereocenters. The minimum atomic E-state index is -4.61. The van der Waals surface area contributed by atoms with Crippen molar-refractivity contribution in [2.45, 2.75) is 13.1 Å². The molecule has 1 N–H and O–H groups in total. The third-order valence-electron chi connectivity index (χ3n) is 1.58. The fourth-order valence-corrected chi connectivity index (χ4v) is 0.938.